The summed E-state index contributed by atoms with van der Waals surface area (Å²) in [5.41, 5.74) is 14.8. The number of nitrogens with two attached hydrogens (primary N) is 2. The maximum absolute atomic E-state index is 6.41. The van der Waals surface area contributed by atoms with Crippen LogP contribution in [-0.2, 0) is 12.8 Å². The molecule has 5 heteroatoms. The largest absolute Gasteiger partial charge is 0.384 e. The standard InChI is InChI=1S/C13H15N5/c14-12-2-1-9-7-13(15,5-3-11(9)17-12)8-10-4-6-16-18-10/h1-6H,7-8,15H2,(H2,14,17)(H,16,18). The molecule has 1 unspecified atom stereocenters. The summed E-state index contributed by atoms with van der Waals surface area (Å²) < 4.78 is 0. The Morgan fingerprint density at radius 2 is 2.22 bits per heavy atom. The topological polar surface area (TPSA) is 93.6 Å². The summed E-state index contributed by atoms with van der Waals surface area (Å²) >= 11 is 0. The number of hydrogen-bond donors (Lipinski definition) is 3. The van der Waals surface area contributed by atoms with Crippen molar-refractivity contribution in [3.8, 4) is 0 Å². The van der Waals surface area contributed by atoms with Gasteiger partial charge in [-0.2, -0.15) is 5.10 Å². The Morgan fingerprint density at radius 3 is 3.00 bits per heavy atom. The number of anilines is 1. The van der Waals surface area contributed by atoms with Crippen LogP contribution >= 0.6 is 0 Å². The van der Waals surface area contributed by atoms with E-state index in [1.165, 1.54) is 0 Å². The number of H-pyrrole nitrogens is 1. The fraction of sp³-hybridized carbons (Fsp3) is 0.231. The smallest absolute Gasteiger partial charge is 0.124 e. The summed E-state index contributed by atoms with van der Waals surface area (Å²) in [5.74, 6) is 0.538. The Labute approximate surface area is 105 Å². The average Bonchev–Trinajstić information content (AvgIpc) is 2.82. The summed E-state index contributed by atoms with van der Waals surface area (Å²) in [5, 5.41) is 6.88. The van der Waals surface area contributed by atoms with Crippen molar-refractivity contribution in [3.05, 3.63) is 47.4 Å². The van der Waals surface area contributed by atoms with Crippen LogP contribution in [0.25, 0.3) is 6.08 Å². The first kappa shape index (κ1) is 11.0. The molecule has 92 valence electrons. The molecule has 0 spiro atoms. The molecule has 1 atom stereocenters. The first-order chi connectivity index (χ1) is 8.65. The minimum atomic E-state index is -0.392. The fourth-order valence-corrected chi connectivity index (χ4v) is 2.33. The van der Waals surface area contributed by atoms with Crippen LogP contribution in [0.2, 0.25) is 0 Å². The van der Waals surface area contributed by atoms with Gasteiger partial charge < -0.3 is 11.5 Å². The van der Waals surface area contributed by atoms with Crippen LogP contribution in [0.1, 0.15) is 17.0 Å². The molecule has 18 heavy (non-hydrogen) atoms. The molecule has 2 aromatic heterocycles. The SMILES string of the molecule is Nc1ccc2c(n1)C=CC(N)(Cc1ccn[nH]1)C2. The van der Waals surface area contributed by atoms with Crippen LogP contribution in [0.15, 0.2) is 30.5 Å². The molecule has 2 aromatic rings. The average molecular weight is 241 g/mol. The first-order valence-electron chi connectivity index (χ1n) is 5.86. The Bertz CT molecular complexity index is 587. The van der Waals surface area contributed by atoms with E-state index in [1.807, 2.05) is 30.4 Å². The van der Waals surface area contributed by atoms with E-state index in [0.717, 1.165) is 29.8 Å². The number of rotatable bonds is 2. The molecule has 0 aliphatic heterocycles. The minimum absolute atomic E-state index is 0.392. The van der Waals surface area contributed by atoms with E-state index in [4.69, 9.17) is 11.5 Å². The van der Waals surface area contributed by atoms with Gasteiger partial charge in [0.1, 0.15) is 5.82 Å². The van der Waals surface area contributed by atoms with Gasteiger partial charge in [0.15, 0.2) is 0 Å². The number of pyridine rings is 1. The van der Waals surface area contributed by atoms with E-state index in [1.54, 1.807) is 6.20 Å². The third kappa shape index (κ3) is 2.00. The molecule has 0 amide bonds. The van der Waals surface area contributed by atoms with Crippen molar-refractivity contribution in [1.82, 2.24) is 15.2 Å². The summed E-state index contributed by atoms with van der Waals surface area (Å²) in [4.78, 5) is 4.29. The highest BCUT2D eigenvalue weighted by molar-refractivity contribution is 5.57. The van der Waals surface area contributed by atoms with Crippen LogP contribution in [0.5, 0.6) is 0 Å². The summed E-state index contributed by atoms with van der Waals surface area (Å²) in [7, 11) is 0. The number of nitrogens with one attached hydrogen (secondary N) is 1. The van der Waals surface area contributed by atoms with E-state index < -0.39 is 5.54 Å². The van der Waals surface area contributed by atoms with Gasteiger partial charge in [0.2, 0.25) is 0 Å². The van der Waals surface area contributed by atoms with E-state index in [2.05, 4.69) is 15.2 Å². The molecule has 0 fully saturated rings. The lowest BCUT2D eigenvalue weighted by Crippen LogP contribution is -2.44. The lowest BCUT2D eigenvalue weighted by molar-refractivity contribution is 0.511. The lowest BCUT2D eigenvalue weighted by atomic mass is 9.83. The normalized spacial score (nSPS) is 21.8. The van der Waals surface area contributed by atoms with Gasteiger partial charge in [0.05, 0.1) is 5.69 Å². The van der Waals surface area contributed by atoms with Crippen LogP contribution in [0, 0.1) is 0 Å². The van der Waals surface area contributed by atoms with Crippen molar-refractivity contribution in [3.63, 3.8) is 0 Å². The quantitative estimate of drug-likeness (QED) is 0.728. The summed E-state index contributed by atoms with van der Waals surface area (Å²) in [6.07, 6.45) is 7.17. The van der Waals surface area contributed by atoms with E-state index >= 15 is 0 Å². The van der Waals surface area contributed by atoms with Gasteiger partial charge in [-0.15, -0.1) is 0 Å². The highest BCUT2D eigenvalue weighted by atomic mass is 15.1. The van der Waals surface area contributed by atoms with Gasteiger partial charge >= 0.3 is 0 Å². The zero-order chi connectivity index (χ0) is 12.6. The third-order valence-corrected chi connectivity index (χ3v) is 3.20. The number of aromatic amines is 1. The fourth-order valence-electron chi connectivity index (χ4n) is 2.33. The summed E-state index contributed by atoms with van der Waals surface area (Å²) in [6.45, 7) is 0. The molecule has 1 aliphatic carbocycles. The maximum atomic E-state index is 6.41. The van der Waals surface area contributed by atoms with Crippen molar-refractivity contribution in [2.24, 2.45) is 5.73 Å². The second-order valence-corrected chi connectivity index (χ2v) is 4.78. The Morgan fingerprint density at radius 1 is 1.33 bits per heavy atom. The van der Waals surface area contributed by atoms with Gasteiger partial charge in [-0.05, 0) is 30.2 Å². The van der Waals surface area contributed by atoms with E-state index in [0.29, 0.717) is 5.82 Å². The highest BCUT2D eigenvalue weighted by Gasteiger charge is 2.27. The van der Waals surface area contributed by atoms with Crippen LogP contribution < -0.4 is 11.5 Å². The van der Waals surface area contributed by atoms with Crippen molar-refractivity contribution in [2.45, 2.75) is 18.4 Å². The second kappa shape index (κ2) is 3.96. The molecule has 0 aromatic carbocycles. The molecule has 0 bridgehead atoms. The van der Waals surface area contributed by atoms with Gasteiger partial charge in [0.25, 0.3) is 0 Å². The molecule has 3 rings (SSSR count). The number of hydrogen-bond acceptors (Lipinski definition) is 4. The molecule has 5 N–H and O–H groups in total. The van der Waals surface area contributed by atoms with Crippen molar-refractivity contribution >= 4 is 11.9 Å². The van der Waals surface area contributed by atoms with Gasteiger partial charge in [-0.25, -0.2) is 4.98 Å². The van der Waals surface area contributed by atoms with Crippen LogP contribution in [0.3, 0.4) is 0 Å². The van der Waals surface area contributed by atoms with Crippen molar-refractivity contribution in [1.29, 1.82) is 0 Å². The maximum Gasteiger partial charge on any atom is 0.124 e. The van der Waals surface area contributed by atoms with Gasteiger partial charge in [0, 0.05) is 23.9 Å². The van der Waals surface area contributed by atoms with Crippen molar-refractivity contribution < 1.29 is 0 Å². The molecule has 2 heterocycles. The number of nitrogens with zero attached hydrogens (tertiary/aromatic N) is 2. The molecular weight excluding hydrogens is 226 g/mol. The monoisotopic (exact) mass is 241 g/mol. The molecular formula is C13H15N5. The lowest BCUT2D eigenvalue weighted by Gasteiger charge is -2.29. The Balaban J connectivity index is 1.88. The molecule has 5 nitrogen and oxygen atoms in total. The molecule has 0 radical (unpaired) electrons. The number of nitrogen functional groups attached to an aromatic ring is 1. The minimum Gasteiger partial charge on any atom is -0.384 e. The van der Waals surface area contributed by atoms with E-state index in [-0.39, 0.29) is 0 Å². The zero-order valence-corrected chi connectivity index (χ0v) is 9.93. The number of aromatic nitrogens is 3. The van der Waals surface area contributed by atoms with E-state index in [9.17, 15) is 0 Å². The zero-order valence-electron chi connectivity index (χ0n) is 9.93. The summed E-state index contributed by atoms with van der Waals surface area (Å²) in [6, 6.07) is 5.75. The molecule has 0 saturated carbocycles. The predicted octanol–water partition coefficient (Wildman–Crippen LogP) is 0.896. The highest BCUT2D eigenvalue weighted by Crippen LogP contribution is 2.26. The third-order valence-electron chi connectivity index (χ3n) is 3.20. The second-order valence-electron chi connectivity index (χ2n) is 4.78. The molecule has 1 aliphatic rings. The first-order valence-corrected chi connectivity index (χ1v) is 5.86. The number of fused-ring (bicyclic) bond motifs is 1. The Kier molecular flexibility index (Phi) is 2.41. The van der Waals surface area contributed by atoms with Gasteiger partial charge in [-0.1, -0.05) is 12.1 Å². The van der Waals surface area contributed by atoms with Crippen LogP contribution in [-0.4, -0.2) is 20.7 Å². The molecule has 0 saturated heterocycles. The van der Waals surface area contributed by atoms with Crippen LogP contribution in [0.4, 0.5) is 5.82 Å². The van der Waals surface area contributed by atoms with Gasteiger partial charge in [-0.3, -0.25) is 5.10 Å². The Hall–Kier alpha value is -2.14. The van der Waals surface area contributed by atoms with Crippen molar-refractivity contribution in [2.75, 3.05) is 5.73 Å². The predicted molar refractivity (Wildman–Crippen MR) is 70.6 cm³/mol.